The summed E-state index contributed by atoms with van der Waals surface area (Å²) in [5.74, 6) is 1.31. The molecule has 0 aliphatic carbocycles. The molecule has 2 N–H and O–H groups in total. The summed E-state index contributed by atoms with van der Waals surface area (Å²) in [4.78, 5) is 4.26. The predicted octanol–water partition coefficient (Wildman–Crippen LogP) is 2.42. The van der Waals surface area contributed by atoms with Gasteiger partial charge >= 0.3 is 0 Å². The Labute approximate surface area is 109 Å². The molecule has 0 bridgehead atoms. The lowest BCUT2D eigenvalue weighted by Gasteiger charge is -2.09. The van der Waals surface area contributed by atoms with Crippen LogP contribution in [0.5, 0.6) is 16.6 Å². The van der Waals surface area contributed by atoms with Crippen LogP contribution in [0.2, 0.25) is 0 Å². The maximum absolute atomic E-state index is 5.69. The smallest absolute Gasteiger partial charge is 0.203 e. The molecule has 1 aromatic carbocycles. The van der Waals surface area contributed by atoms with Gasteiger partial charge in [-0.2, -0.15) is 0 Å². The minimum absolute atomic E-state index is 0.469. The van der Waals surface area contributed by atoms with Crippen LogP contribution in [-0.2, 0) is 0 Å². The van der Waals surface area contributed by atoms with Crippen molar-refractivity contribution in [2.24, 2.45) is 0 Å². The van der Waals surface area contributed by atoms with E-state index in [1.807, 2.05) is 18.2 Å². The van der Waals surface area contributed by atoms with Crippen molar-refractivity contribution in [1.82, 2.24) is 4.98 Å². The molecular formula is C12H14N2O3S. The summed E-state index contributed by atoms with van der Waals surface area (Å²) in [5, 5.41) is 1.15. The third-order valence-corrected chi connectivity index (χ3v) is 3.30. The van der Waals surface area contributed by atoms with E-state index >= 15 is 0 Å². The zero-order chi connectivity index (χ0) is 13.1. The molecule has 96 valence electrons. The summed E-state index contributed by atoms with van der Waals surface area (Å²) < 4.78 is 15.7. The SMILES string of the molecule is COc1ccc(-c2nc(N)sc2OC)cc1OC. The Hall–Kier alpha value is -1.95. The fourth-order valence-electron chi connectivity index (χ4n) is 1.63. The number of anilines is 1. The molecule has 0 saturated carbocycles. The first kappa shape index (κ1) is 12.5. The van der Waals surface area contributed by atoms with Crippen molar-refractivity contribution in [3.8, 4) is 27.8 Å². The van der Waals surface area contributed by atoms with Crippen molar-refractivity contribution in [2.75, 3.05) is 27.1 Å². The summed E-state index contributed by atoms with van der Waals surface area (Å²) in [5.41, 5.74) is 7.27. The molecule has 5 nitrogen and oxygen atoms in total. The molecule has 0 saturated heterocycles. The third-order valence-electron chi connectivity index (χ3n) is 2.45. The van der Waals surface area contributed by atoms with Crippen LogP contribution < -0.4 is 19.9 Å². The average Bonchev–Trinajstić information content (AvgIpc) is 2.79. The highest BCUT2D eigenvalue weighted by Gasteiger charge is 2.14. The van der Waals surface area contributed by atoms with Crippen LogP contribution >= 0.6 is 11.3 Å². The summed E-state index contributed by atoms with van der Waals surface area (Å²) in [6.07, 6.45) is 0. The van der Waals surface area contributed by atoms with Crippen LogP contribution in [0.15, 0.2) is 18.2 Å². The molecule has 2 aromatic rings. The molecule has 0 radical (unpaired) electrons. The number of hydrogen-bond acceptors (Lipinski definition) is 6. The minimum atomic E-state index is 0.469. The van der Waals surface area contributed by atoms with E-state index < -0.39 is 0 Å². The maximum atomic E-state index is 5.69. The number of methoxy groups -OCH3 is 3. The number of benzene rings is 1. The van der Waals surface area contributed by atoms with Gasteiger partial charge in [-0.15, -0.1) is 0 Å². The molecule has 0 amide bonds. The fraction of sp³-hybridized carbons (Fsp3) is 0.250. The number of hydrogen-bond donors (Lipinski definition) is 1. The van der Waals surface area contributed by atoms with Crippen LogP contribution in [0.25, 0.3) is 11.3 Å². The summed E-state index contributed by atoms with van der Waals surface area (Å²) in [6, 6.07) is 5.55. The number of thiazole rings is 1. The number of aromatic nitrogens is 1. The second-order valence-corrected chi connectivity index (χ2v) is 4.46. The zero-order valence-corrected chi connectivity index (χ0v) is 11.2. The van der Waals surface area contributed by atoms with Crippen LogP contribution in [0.3, 0.4) is 0 Å². The van der Waals surface area contributed by atoms with Crippen LogP contribution in [0.1, 0.15) is 0 Å². The Balaban J connectivity index is 2.50. The van der Waals surface area contributed by atoms with Gasteiger partial charge in [0.25, 0.3) is 0 Å². The molecule has 18 heavy (non-hydrogen) atoms. The van der Waals surface area contributed by atoms with E-state index in [1.165, 1.54) is 11.3 Å². The minimum Gasteiger partial charge on any atom is -0.493 e. The Kier molecular flexibility index (Phi) is 3.57. The molecule has 2 rings (SSSR count). The standard InChI is InChI=1S/C12H14N2O3S/c1-15-8-5-4-7(6-9(8)16-2)10-11(17-3)18-12(13)14-10/h4-6H,1-3H3,(H2,13,14). The van der Waals surface area contributed by atoms with Crippen LogP contribution in [0.4, 0.5) is 5.13 Å². The Morgan fingerprint density at radius 2 is 1.78 bits per heavy atom. The van der Waals surface area contributed by atoms with Crippen LogP contribution in [0, 0.1) is 0 Å². The van der Waals surface area contributed by atoms with Gasteiger partial charge in [0.2, 0.25) is 5.06 Å². The summed E-state index contributed by atoms with van der Waals surface area (Å²) in [7, 11) is 4.78. The molecule has 0 spiro atoms. The number of rotatable bonds is 4. The van der Waals surface area contributed by atoms with E-state index in [4.69, 9.17) is 19.9 Å². The highest BCUT2D eigenvalue weighted by Crippen LogP contribution is 2.39. The number of nitrogen functional groups attached to an aromatic ring is 1. The van der Waals surface area contributed by atoms with Crippen molar-refractivity contribution in [3.63, 3.8) is 0 Å². The summed E-state index contributed by atoms with van der Waals surface area (Å²) in [6.45, 7) is 0. The zero-order valence-electron chi connectivity index (χ0n) is 10.4. The molecular weight excluding hydrogens is 252 g/mol. The van der Waals surface area contributed by atoms with E-state index in [0.717, 1.165) is 5.56 Å². The molecule has 1 aromatic heterocycles. The fourth-order valence-corrected chi connectivity index (χ4v) is 2.30. The first-order valence-corrected chi connectivity index (χ1v) is 6.04. The molecule has 0 unspecified atom stereocenters. The highest BCUT2D eigenvalue weighted by atomic mass is 32.1. The van der Waals surface area contributed by atoms with Gasteiger partial charge in [0, 0.05) is 5.56 Å². The van der Waals surface area contributed by atoms with Crippen molar-refractivity contribution in [3.05, 3.63) is 18.2 Å². The Morgan fingerprint density at radius 1 is 1.06 bits per heavy atom. The van der Waals surface area contributed by atoms with Crippen LogP contribution in [-0.4, -0.2) is 26.3 Å². The maximum Gasteiger partial charge on any atom is 0.203 e. The molecule has 1 heterocycles. The number of nitrogens with zero attached hydrogens (tertiary/aromatic N) is 1. The Bertz CT molecular complexity index is 554. The molecule has 0 aliphatic rings. The van der Waals surface area contributed by atoms with Gasteiger partial charge in [0.1, 0.15) is 5.69 Å². The van der Waals surface area contributed by atoms with Crippen molar-refractivity contribution < 1.29 is 14.2 Å². The third kappa shape index (κ3) is 2.19. The van der Waals surface area contributed by atoms with Gasteiger partial charge < -0.3 is 19.9 Å². The summed E-state index contributed by atoms with van der Waals surface area (Å²) >= 11 is 1.30. The van der Waals surface area contributed by atoms with E-state index in [-0.39, 0.29) is 0 Å². The van der Waals surface area contributed by atoms with E-state index in [0.29, 0.717) is 27.4 Å². The normalized spacial score (nSPS) is 10.2. The monoisotopic (exact) mass is 266 g/mol. The Morgan fingerprint density at radius 3 is 2.39 bits per heavy atom. The van der Waals surface area contributed by atoms with E-state index in [9.17, 15) is 0 Å². The van der Waals surface area contributed by atoms with E-state index in [1.54, 1.807) is 21.3 Å². The topological polar surface area (TPSA) is 66.6 Å². The molecule has 6 heteroatoms. The van der Waals surface area contributed by atoms with Crippen molar-refractivity contribution in [2.45, 2.75) is 0 Å². The second kappa shape index (κ2) is 5.14. The van der Waals surface area contributed by atoms with Crippen molar-refractivity contribution >= 4 is 16.5 Å². The van der Waals surface area contributed by atoms with Gasteiger partial charge in [0.05, 0.1) is 21.3 Å². The lowest BCUT2D eigenvalue weighted by Crippen LogP contribution is -1.92. The lowest BCUT2D eigenvalue weighted by atomic mass is 10.1. The van der Waals surface area contributed by atoms with Gasteiger partial charge in [-0.3, -0.25) is 0 Å². The van der Waals surface area contributed by atoms with E-state index in [2.05, 4.69) is 4.98 Å². The largest absolute Gasteiger partial charge is 0.493 e. The molecule has 0 atom stereocenters. The van der Waals surface area contributed by atoms with Gasteiger partial charge in [-0.1, -0.05) is 11.3 Å². The first-order chi connectivity index (χ1) is 8.69. The van der Waals surface area contributed by atoms with Gasteiger partial charge in [-0.25, -0.2) is 4.98 Å². The predicted molar refractivity (Wildman–Crippen MR) is 71.6 cm³/mol. The lowest BCUT2D eigenvalue weighted by molar-refractivity contribution is 0.355. The second-order valence-electron chi connectivity index (χ2n) is 3.46. The van der Waals surface area contributed by atoms with Gasteiger partial charge in [-0.05, 0) is 18.2 Å². The van der Waals surface area contributed by atoms with Gasteiger partial charge in [0.15, 0.2) is 16.6 Å². The number of ether oxygens (including phenoxy) is 3. The highest BCUT2D eigenvalue weighted by molar-refractivity contribution is 7.17. The average molecular weight is 266 g/mol. The number of nitrogens with two attached hydrogens (primary N) is 1. The molecule has 0 aliphatic heterocycles. The first-order valence-electron chi connectivity index (χ1n) is 5.22. The molecule has 0 fully saturated rings. The van der Waals surface area contributed by atoms with Crippen molar-refractivity contribution in [1.29, 1.82) is 0 Å². The quantitative estimate of drug-likeness (QED) is 0.920.